The fraction of sp³-hybridized carbons (Fsp3) is 0.875. The molecule has 0 radical (unpaired) electrons. The standard InChI is InChI=1S/C16H26N2O/c1-16(13-17)9-11-18(12-10-16)15(19)14-7-5-3-2-4-6-8-14/h14H,2-12H2,1H3. The first kappa shape index (κ1) is 14.4. The van der Waals surface area contributed by atoms with Gasteiger partial charge in [0, 0.05) is 19.0 Å². The highest BCUT2D eigenvalue weighted by atomic mass is 16.2. The van der Waals surface area contributed by atoms with Crippen molar-refractivity contribution in [3.05, 3.63) is 0 Å². The first-order chi connectivity index (χ1) is 9.14. The number of likely N-dealkylation sites (tertiary alicyclic amines) is 1. The third kappa shape index (κ3) is 3.72. The number of amides is 1. The summed E-state index contributed by atoms with van der Waals surface area (Å²) in [6.45, 7) is 3.57. The van der Waals surface area contributed by atoms with Crippen molar-refractivity contribution in [3.8, 4) is 6.07 Å². The maximum atomic E-state index is 12.6. The minimum atomic E-state index is -0.211. The van der Waals surface area contributed by atoms with Gasteiger partial charge in [-0.1, -0.05) is 32.1 Å². The Morgan fingerprint density at radius 1 is 1.11 bits per heavy atom. The molecule has 0 aromatic heterocycles. The molecule has 0 N–H and O–H groups in total. The molecule has 19 heavy (non-hydrogen) atoms. The quantitative estimate of drug-likeness (QED) is 0.726. The summed E-state index contributed by atoms with van der Waals surface area (Å²) in [5.74, 6) is 0.619. The number of hydrogen-bond donors (Lipinski definition) is 0. The lowest BCUT2D eigenvalue weighted by atomic mass is 9.81. The van der Waals surface area contributed by atoms with Gasteiger partial charge in [-0.25, -0.2) is 0 Å². The van der Waals surface area contributed by atoms with Gasteiger partial charge in [-0.2, -0.15) is 5.26 Å². The highest BCUT2D eigenvalue weighted by Crippen LogP contribution is 2.32. The van der Waals surface area contributed by atoms with Gasteiger partial charge in [0.1, 0.15) is 0 Å². The van der Waals surface area contributed by atoms with Gasteiger partial charge in [0.15, 0.2) is 0 Å². The summed E-state index contributed by atoms with van der Waals surface area (Å²) in [5.41, 5.74) is -0.211. The van der Waals surface area contributed by atoms with Crippen molar-refractivity contribution in [2.75, 3.05) is 13.1 Å². The van der Waals surface area contributed by atoms with Gasteiger partial charge in [0.05, 0.1) is 11.5 Å². The van der Waals surface area contributed by atoms with Gasteiger partial charge in [-0.3, -0.25) is 4.79 Å². The monoisotopic (exact) mass is 262 g/mol. The first-order valence-corrected chi connectivity index (χ1v) is 7.85. The van der Waals surface area contributed by atoms with Crippen LogP contribution in [0.2, 0.25) is 0 Å². The van der Waals surface area contributed by atoms with Crippen molar-refractivity contribution in [1.29, 1.82) is 5.26 Å². The Kier molecular flexibility index (Phi) is 4.85. The molecule has 2 aliphatic rings. The van der Waals surface area contributed by atoms with Crippen LogP contribution in [-0.2, 0) is 4.79 Å². The molecule has 3 heteroatoms. The Balaban J connectivity index is 1.88. The number of nitrogens with zero attached hydrogens (tertiary/aromatic N) is 2. The molecular formula is C16H26N2O. The predicted octanol–water partition coefficient (Wildman–Crippen LogP) is 3.50. The van der Waals surface area contributed by atoms with Crippen LogP contribution in [0.15, 0.2) is 0 Å². The molecule has 0 aromatic carbocycles. The molecule has 1 saturated carbocycles. The average Bonchev–Trinajstić information content (AvgIpc) is 2.39. The summed E-state index contributed by atoms with van der Waals surface area (Å²) in [4.78, 5) is 14.6. The van der Waals surface area contributed by atoms with E-state index in [9.17, 15) is 4.79 Å². The van der Waals surface area contributed by atoms with E-state index in [1.54, 1.807) is 0 Å². The minimum absolute atomic E-state index is 0.211. The Hall–Kier alpha value is -1.04. The van der Waals surface area contributed by atoms with Crippen LogP contribution in [-0.4, -0.2) is 23.9 Å². The van der Waals surface area contributed by atoms with Crippen LogP contribution in [0.5, 0.6) is 0 Å². The summed E-state index contributed by atoms with van der Waals surface area (Å²) in [6.07, 6.45) is 10.2. The topological polar surface area (TPSA) is 44.1 Å². The molecule has 0 unspecified atom stereocenters. The van der Waals surface area contributed by atoms with Gasteiger partial charge in [-0.15, -0.1) is 0 Å². The highest BCUT2D eigenvalue weighted by Gasteiger charge is 2.33. The molecule has 3 nitrogen and oxygen atoms in total. The number of nitriles is 1. The number of piperidine rings is 1. The van der Waals surface area contributed by atoms with Crippen LogP contribution in [0.25, 0.3) is 0 Å². The van der Waals surface area contributed by atoms with E-state index in [-0.39, 0.29) is 11.3 Å². The summed E-state index contributed by atoms with van der Waals surface area (Å²) in [7, 11) is 0. The van der Waals surface area contributed by atoms with Gasteiger partial charge in [0.25, 0.3) is 0 Å². The van der Waals surface area contributed by atoms with E-state index in [1.165, 1.54) is 32.1 Å². The largest absolute Gasteiger partial charge is 0.342 e. The lowest BCUT2D eigenvalue weighted by Crippen LogP contribution is -2.44. The van der Waals surface area contributed by atoms with Crippen LogP contribution in [0, 0.1) is 22.7 Å². The lowest BCUT2D eigenvalue weighted by Gasteiger charge is -2.37. The molecule has 1 aliphatic carbocycles. The Labute approximate surface area is 117 Å². The zero-order valence-corrected chi connectivity index (χ0v) is 12.2. The van der Waals surface area contributed by atoms with Crippen molar-refractivity contribution >= 4 is 5.91 Å². The number of rotatable bonds is 1. The van der Waals surface area contributed by atoms with E-state index in [0.717, 1.165) is 38.8 Å². The average molecular weight is 262 g/mol. The molecule has 106 valence electrons. The van der Waals surface area contributed by atoms with E-state index in [0.29, 0.717) is 5.91 Å². The predicted molar refractivity (Wildman–Crippen MR) is 75.3 cm³/mol. The molecule has 0 aromatic rings. The van der Waals surface area contributed by atoms with Crippen LogP contribution >= 0.6 is 0 Å². The summed E-state index contributed by atoms with van der Waals surface area (Å²) >= 11 is 0. The van der Waals surface area contributed by atoms with Gasteiger partial charge in [-0.05, 0) is 32.6 Å². The zero-order valence-electron chi connectivity index (χ0n) is 12.2. The molecule has 1 heterocycles. The molecule has 0 spiro atoms. The van der Waals surface area contributed by atoms with Crippen LogP contribution in [0.3, 0.4) is 0 Å². The smallest absolute Gasteiger partial charge is 0.225 e. The SMILES string of the molecule is CC1(C#N)CCN(C(=O)C2CCCCCCC2)CC1. The normalized spacial score (nSPS) is 25.2. The van der Waals surface area contributed by atoms with Gasteiger partial charge in [0.2, 0.25) is 5.91 Å². The molecule has 2 rings (SSSR count). The van der Waals surface area contributed by atoms with E-state index in [2.05, 4.69) is 6.07 Å². The number of hydrogen-bond acceptors (Lipinski definition) is 2. The minimum Gasteiger partial charge on any atom is -0.342 e. The van der Waals surface area contributed by atoms with E-state index in [1.807, 2.05) is 11.8 Å². The Bertz CT molecular complexity index is 342. The van der Waals surface area contributed by atoms with Crippen molar-refractivity contribution in [1.82, 2.24) is 4.90 Å². The maximum absolute atomic E-state index is 12.6. The molecule has 2 fully saturated rings. The second kappa shape index (κ2) is 6.41. The highest BCUT2D eigenvalue weighted by molar-refractivity contribution is 5.79. The molecule has 1 saturated heterocycles. The molecule has 1 amide bonds. The van der Waals surface area contributed by atoms with Crippen molar-refractivity contribution < 1.29 is 4.79 Å². The zero-order chi connectivity index (χ0) is 13.7. The Morgan fingerprint density at radius 3 is 2.16 bits per heavy atom. The third-order valence-electron chi connectivity index (χ3n) is 4.90. The van der Waals surface area contributed by atoms with Crippen molar-refractivity contribution in [3.63, 3.8) is 0 Å². The second-order valence-corrected chi connectivity index (χ2v) is 6.54. The maximum Gasteiger partial charge on any atom is 0.225 e. The summed E-state index contributed by atoms with van der Waals surface area (Å²) in [6, 6.07) is 2.40. The van der Waals surface area contributed by atoms with Crippen LogP contribution in [0.4, 0.5) is 0 Å². The summed E-state index contributed by atoms with van der Waals surface area (Å²) < 4.78 is 0. The number of carbonyl (C=O) groups excluding carboxylic acids is 1. The molecule has 1 aliphatic heterocycles. The van der Waals surface area contributed by atoms with Gasteiger partial charge < -0.3 is 4.90 Å². The molecule has 0 bridgehead atoms. The summed E-state index contributed by atoms with van der Waals surface area (Å²) in [5, 5.41) is 9.14. The second-order valence-electron chi connectivity index (χ2n) is 6.54. The van der Waals surface area contributed by atoms with E-state index >= 15 is 0 Å². The lowest BCUT2D eigenvalue weighted by molar-refractivity contribution is -0.138. The van der Waals surface area contributed by atoms with E-state index in [4.69, 9.17) is 5.26 Å². The molecule has 0 atom stereocenters. The third-order valence-corrected chi connectivity index (χ3v) is 4.90. The van der Waals surface area contributed by atoms with Crippen LogP contribution in [0.1, 0.15) is 64.7 Å². The first-order valence-electron chi connectivity index (χ1n) is 7.85. The molecular weight excluding hydrogens is 236 g/mol. The van der Waals surface area contributed by atoms with Crippen LogP contribution < -0.4 is 0 Å². The van der Waals surface area contributed by atoms with Crippen molar-refractivity contribution in [2.45, 2.75) is 64.7 Å². The fourth-order valence-corrected chi connectivity index (χ4v) is 3.29. The van der Waals surface area contributed by atoms with Gasteiger partial charge >= 0.3 is 0 Å². The van der Waals surface area contributed by atoms with Crippen molar-refractivity contribution in [2.24, 2.45) is 11.3 Å². The fourth-order valence-electron chi connectivity index (χ4n) is 3.29. The Morgan fingerprint density at radius 2 is 1.63 bits per heavy atom. The van der Waals surface area contributed by atoms with E-state index < -0.39 is 0 Å². The number of carbonyl (C=O) groups is 1.